The number of carboxylic acid groups (broad SMARTS) is 1. The smallest absolute Gasteiger partial charge is 0.550 e. The van der Waals surface area contributed by atoms with Crippen LogP contribution in [-0.4, -0.2) is 48.9 Å². The van der Waals surface area contributed by atoms with E-state index in [-0.39, 0.29) is 90.5 Å². The molecule has 0 aliphatic rings. The van der Waals surface area contributed by atoms with Crippen LogP contribution in [0.4, 0.5) is 32.3 Å². The summed E-state index contributed by atoms with van der Waals surface area (Å²) < 4.78 is 105. The second kappa shape index (κ2) is 18.0. The predicted octanol–water partition coefficient (Wildman–Crippen LogP) is 3.85. The standard InChI is InChI=1S/C35H36F6N4O6.Na/c1-20(2)27-8-9-28(48-3)32(44-27)26-15-30(50-5)29(49-4)13-22(26)19-45(33-42-16-25(17-43-33)51-10-6-7-31(46)47)18-21-11-23(34(36,37)38)14-24(12-21)35(39,40)41;/h8-9,11-17,20H,6-7,10,18-19H2,1-5H3,(H,46,47);/q;+1/p-1. The van der Waals surface area contributed by atoms with Gasteiger partial charge >= 0.3 is 41.9 Å². The maximum atomic E-state index is 13.8. The van der Waals surface area contributed by atoms with Gasteiger partial charge in [-0.2, -0.15) is 26.3 Å². The quantitative estimate of drug-likeness (QED) is 0.101. The molecule has 2 heterocycles. The van der Waals surface area contributed by atoms with E-state index < -0.39 is 36.0 Å². The number of aliphatic carboxylic acids is 1. The molecular formula is C35H35F6N4NaO6. The molecule has 0 amide bonds. The normalized spacial score (nSPS) is 11.5. The molecule has 0 saturated heterocycles. The van der Waals surface area contributed by atoms with Crippen LogP contribution >= 0.6 is 0 Å². The SMILES string of the molecule is COc1cc(CN(Cc2cc(C(F)(F)F)cc(C(F)(F)F)c2)c2ncc(OCCCC(=O)[O-])cn2)c(-c2nc(C(C)C)ccc2OC)cc1OC.[Na+]. The number of rotatable bonds is 15. The van der Waals surface area contributed by atoms with Crippen LogP contribution in [0.5, 0.6) is 23.0 Å². The number of aromatic nitrogens is 3. The topological polar surface area (TPSA) is 119 Å². The van der Waals surface area contributed by atoms with E-state index in [0.717, 1.165) is 5.69 Å². The number of hydrogen-bond acceptors (Lipinski definition) is 10. The van der Waals surface area contributed by atoms with Gasteiger partial charge in [-0.05, 0) is 72.4 Å². The molecule has 0 unspecified atom stereocenters. The fourth-order valence-corrected chi connectivity index (χ4v) is 5.10. The van der Waals surface area contributed by atoms with E-state index in [1.165, 1.54) is 38.6 Å². The molecule has 274 valence electrons. The molecule has 4 aromatic rings. The van der Waals surface area contributed by atoms with Gasteiger partial charge < -0.3 is 33.7 Å². The summed E-state index contributed by atoms with van der Waals surface area (Å²) in [6, 6.07) is 8.16. The van der Waals surface area contributed by atoms with Crippen molar-refractivity contribution in [1.29, 1.82) is 0 Å². The fraction of sp³-hybridized carbons (Fsp3) is 0.371. The van der Waals surface area contributed by atoms with Gasteiger partial charge in [0, 0.05) is 30.3 Å². The molecule has 0 bridgehead atoms. The summed E-state index contributed by atoms with van der Waals surface area (Å²) in [6.45, 7) is 3.24. The molecule has 0 atom stereocenters. The number of benzene rings is 2. The van der Waals surface area contributed by atoms with Crippen molar-refractivity contribution >= 4 is 11.9 Å². The van der Waals surface area contributed by atoms with Crippen LogP contribution in [0.1, 0.15) is 60.6 Å². The number of hydrogen-bond donors (Lipinski definition) is 0. The Morgan fingerprint density at radius 1 is 0.827 bits per heavy atom. The number of ether oxygens (including phenoxy) is 4. The third-order valence-electron chi connectivity index (χ3n) is 7.63. The largest absolute Gasteiger partial charge is 1.00 e. The maximum absolute atomic E-state index is 13.8. The summed E-state index contributed by atoms with van der Waals surface area (Å²) >= 11 is 0. The van der Waals surface area contributed by atoms with Crippen molar-refractivity contribution in [1.82, 2.24) is 15.0 Å². The summed E-state index contributed by atoms with van der Waals surface area (Å²) in [5.74, 6) is -0.138. The van der Waals surface area contributed by atoms with Gasteiger partial charge in [-0.15, -0.1) is 0 Å². The van der Waals surface area contributed by atoms with Gasteiger partial charge in [0.1, 0.15) is 11.4 Å². The Labute approximate surface area is 318 Å². The third kappa shape index (κ3) is 10.9. The van der Waals surface area contributed by atoms with Gasteiger partial charge in [-0.25, -0.2) is 15.0 Å². The molecule has 10 nitrogen and oxygen atoms in total. The summed E-state index contributed by atoms with van der Waals surface area (Å²) in [6.07, 6.45) is -7.70. The first-order valence-electron chi connectivity index (χ1n) is 15.5. The number of anilines is 1. The molecule has 0 spiro atoms. The van der Waals surface area contributed by atoms with Crippen LogP contribution in [0, 0.1) is 0 Å². The first-order valence-corrected chi connectivity index (χ1v) is 15.5. The Kier molecular flexibility index (Phi) is 14.6. The molecular weight excluding hydrogens is 709 g/mol. The molecule has 0 saturated carbocycles. The molecule has 52 heavy (non-hydrogen) atoms. The molecule has 2 aromatic heterocycles. The van der Waals surface area contributed by atoms with Crippen LogP contribution in [0.15, 0.2) is 54.9 Å². The predicted molar refractivity (Wildman–Crippen MR) is 172 cm³/mol. The van der Waals surface area contributed by atoms with E-state index >= 15 is 0 Å². The Morgan fingerprint density at radius 2 is 1.40 bits per heavy atom. The fourth-order valence-electron chi connectivity index (χ4n) is 5.10. The third-order valence-corrected chi connectivity index (χ3v) is 7.63. The average molecular weight is 745 g/mol. The minimum atomic E-state index is -5.06. The Balaban J connectivity index is 0.00000729. The van der Waals surface area contributed by atoms with Gasteiger partial charge in [-0.1, -0.05) is 13.8 Å². The van der Waals surface area contributed by atoms with Crippen molar-refractivity contribution in [3.63, 3.8) is 0 Å². The number of pyridine rings is 1. The van der Waals surface area contributed by atoms with E-state index in [0.29, 0.717) is 40.5 Å². The number of carboxylic acids is 1. The van der Waals surface area contributed by atoms with Gasteiger partial charge in [0.2, 0.25) is 5.95 Å². The number of carbonyl (C=O) groups excluding carboxylic acids is 1. The van der Waals surface area contributed by atoms with Crippen LogP contribution in [0.25, 0.3) is 11.3 Å². The zero-order valence-electron chi connectivity index (χ0n) is 29.3. The summed E-state index contributed by atoms with van der Waals surface area (Å²) in [5.41, 5.74) is -1.19. The number of nitrogens with zero attached hydrogens (tertiary/aromatic N) is 4. The monoisotopic (exact) mass is 744 g/mol. The summed E-state index contributed by atoms with van der Waals surface area (Å²) in [7, 11) is 4.31. The van der Waals surface area contributed by atoms with Gasteiger partial charge in [0.25, 0.3) is 0 Å². The molecule has 0 N–H and O–H groups in total. The Hall–Kier alpha value is -4.28. The first-order chi connectivity index (χ1) is 24.0. The second-order valence-corrected chi connectivity index (χ2v) is 11.6. The van der Waals surface area contributed by atoms with Gasteiger partial charge in [0.05, 0.1) is 51.5 Å². The van der Waals surface area contributed by atoms with Crippen LogP contribution in [0.3, 0.4) is 0 Å². The first kappa shape index (κ1) is 42.1. The zero-order valence-corrected chi connectivity index (χ0v) is 31.3. The van der Waals surface area contributed by atoms with Gasteiger partial charge in [0.15, 0.2) is 17.2 Å². The van der Waals surface area contributed by atoms with E-state index in [1.54, 1.807) is 18.2 Å². The minimum Gasteiger partial charge on any atom is -0.550 e. The zero-order chi connectivity index (χ0) is 37.5. The van der Waals surface area contributed by atoms with E-state index in [2.05, 4.69) is 9.97 Å². The second-order valence-electron chi connectivity index (χ2n) is 11.6. The molecule has 17 heteroatoms. The number of halogens is 6. The summed E-state index contributed by atoms with van der Waals surface area (Å²) in [4.78, 5) is 25.5. The molecule has 0 aliphatic heterocycles. The van der Waals surface area contributed by atoms with Crippen LogP contribution in [-0.2, 0) is 30.2 Å². The average Bonchev–Trinajstić information content (AvgIpc) is 3.08. The van der Waals surface area contributed by atoms with Gasteiger partial charge in [-0.3, -0.25) is 0 Å². The van der Waals surface area contributed by atoms with E-state index in [1.807, 2.05) is 19.9 Å². The molecule has 2 aromatic carbocycles. The Morgan fingerprint density at radius 3 is 1.92 bits per heavy atom. The number of methoxy groups -OCH3 is 3. The number of carbonyl (C=O) groups is 1. The van der Waals surface area contributed by atoms with Crippen molar-refractivity contribution in [3.05, 3.63) is 82.8 Å². The van der Waals surface area contributed by atoms with E-state index in [4.69, 9.17) is 23.9 Å². The molecule has 4 rings (SSSR count). The molecule has 0 aliphatic carbocycles. The maximum Gasteiger partial charge on any atom is 1.00 e. The van der Waals surface area contributed by atoms with Crippen molar-refractivity contribution in [2.75, 3.05) is 32.8 Å². The van der Waals surface area contributed by atoms with Crippen molar-refractivity contribution in [2.45, 2.75) is 58.0 Å². The summed E-state index contributed by atoms with van der Waals surface area (Å²) in [5, 5.41) is 10.7. The van der Waals surface area contributed by atoms with Crippen molar-refractivity contribution in [2.24, 2.45) is 0 Å². The Bertz CT molecular complexity index is 1790. The van der Waals surface area contributed by atoms with Crippen molar-refractivity contribution in [3.8, 4) is 34.3 Å². The van der Waals surface area contributed by atoms with Crippen LogP contribution < -0.4 is 58.5 Å². The number of alkyl halides is 6. The van der Waals surface area contributed by atoms with E-state index in [9.17, 15) is 36.2 Å². The van der Waals surface area contributed by atoms with Crippen LogP contribution in [0.2, 0.25) is 0 Å². The molecule has 0 radical (unpaired) electrons. The molecule has 0 fully saturated rings. The minimum absolute atomic E-state index is 0. The van der Waals surface area contributed by atoms with Crippen molar-refractivity contribution < 1.29 is 84.7 Å².